The highest BCUT2D eigenvalue weighted by atomic mass is 35.5. The van der Waals surface area contributed by atoms with Crippen LogP contribution in [0.15, 0.2) is 54.6 Å². The van der Waals surface area contributed by atoms with Gasteiger partial charge in [0, 0.05) is 5.92 Å². The molecule has 7 heteroatoms. The van der Waals surface area contributed by atoms with Crippen LogP contribution in [-0.4, -0.2) is 10.2 Å². The molecule has 1 fully saturated rings. The lowest BCUT2D eigenvalue weighted by Crippen LogP contribution is -2.20. The van der Waals surface area contributed by atoms with Crippen LogP contribution in [0.2, 0.25) is 0 Å². The number of carbonyl (C=O) groups is 1. The molecular weight excluding hydrogens is 362 g/mol. The van der Waals surface area contributed by atoms with Crippen molar-refractivity contribution < 1.29 is 18.0 Å². The van der Waals surface area contributed by atoms with E-state index in [0.717, 1.165) is 11.6 Å². The van der Waals surface area contributed by atoms with E-state index in [1.807, 2.05) is 6.07 Å². The van der Waals surface area contributed by atoms with Crippen LogP contribution in [0.4, 0.5) is 18.9 Å². The van der Waals surface area contributed by atoms with Crippen LogP contribution in [0.1, 0.15) is 17.0 Å². The fourth-order valence-electron chi connectivity index (χ4n) is 2.78. The van der Waals surface area contributed by atoms with Gasteiger partial charge < -0.3 is 5.32 Å². The van der Waals surface area contributed by atoms with E-state index >= 15 is 0 Å². The number of hydrogen-bond acceptors (Lipinski definition) is 1. The molecule has 1 saturated carbocycles. The molecule has 1 aliphatic rings. The normalized spacial score (nSPS) is 22.0. The Balaban J connectivity index is 1.82. The Morgan fingerprint density at radius 2 is 1.58 bits per heavy atom. The van der Waals surface area contributed by atoms with Gasteiger partial charge >= 0.3 is 6.18 Å². The molecule has 0 unspecified atom stereocenters. The number of amides is 1. The zero-order valence-electron chi connectivity index (χ0n) is 12.1. The van der Waals surface area contributed by atoms with E-state index in [9.17, 15) is 18.0 Å². The Hall–Kier alpha value is -1.72. The minimum Gasteiger partial charge on any atom is -0.325 e. The zero-order chi connectivity index (χ0) is 17.5. The van der Waals surface area contributed by atoms with Crippen molar-refractivity contribution in [2.45, 2.75) is 16.4 Å². The molecule has 0 aliphatic heterocycles. The van der Waals surface area contributed by atoms with Gasteiger partial charge in [-0.25, -0.2) is 0 Å². The highest BCUT2D eigenvalue weighted by Crippen LogP contribution is 2.65. The quantitative estimate of drug-likeness (QED) is 0.733. The third-order valence-corrected chi connectivity index (χ3v) is 4.93. The fraction of sp³-hybridized carbons (Fsp3) is 0.235. The van der Waals surface area contributed by atoms with Crippen LogP contribution >= 0.6 is 23.2 Å². The average Bonchev–Trinajstić information content (AvgIpc) is 3.10. The summed E-state index contributed by atoms with van der Waals surface area (Å²) in [6, 6.07) is 13.7. The highest BCUT2D eigenvalue weighted by molar-refractivity contribution is 6.53. The Kier molecular flexibility index (Phi) is 4.26. The lowest BCUT2D eigenvalue weighted by Gasteiger charge is -2.13. The Morgan fingerprint density at radius 1 is 1.00 bits per heavy atom. The van der Waals surface area contributed by atoms with Crippen molar-refractivity contribution in [3.63, 3.8) is 0 Å². The first-order valence-corrected chi connectivity index (χ1v) is 7.88. The molecule has 2 nitrogen and oxygen atoms in total. The van der Waals surface area contributed by atoms with Gasteiger partial charge in [0.25, 0.3) is 0 Å². The fourth-order valence-corrected chi connectivity index (χ4v) is 3.61. The first-order chi connectivity index (χ1) is 11.2. The predicted octanol–water partition coefficient (Wildman–Crippen LogP) is 5.23. The van der Waals surface area contributed by atoms with Gasteiger partial charge in [-0.15, -0.1) is 23.2 Å². The van der Waals surface area contributed by atoms with Crippen molar-refractivity contribution in [2.24, 2.45) is 5.92 Å². The third-order valence-electron chi connectivity index (χ3n) is 3.99. The molecule has 24 heavy (non-hydrogen) atoms. The molecular formula is C17H12Cl2F3NO. The van der Waals surface area contributed by atoms with E-state index < -0.39 is 33.8 Å². The molecule has 2 atom stereocenters. The molecule has 0 radical (unpaired) electrons. The standard InChI is InChI=1S/C17H12Cl2F3NO/c18-16(19)13(10-6-2-1-3-7-10)14(16)15(24)23-12-9-5-4-8-11(12)17(20,21)22/h1-9,13-14H,(H,23,24)/t13-,14+/m0/s1. The van der Waals surface area contributed by atoms with Crippen molar-refractivity contribution in [3.8, 4) is 0 Å². The summed E-state index contributed by atoms with van der Waals surface area (Å²) in [5.74, 6) is -1.91. The van der Waals surface area contributed by atoms with E-state index in [-0.39, 0.29) is 5.69 Å². The minimum atomic E-state index is -4.56. The summed E-state index contributed by atoms with van der Waals surface area (Å²) in [6.45, 7) is 0. The summed E-state index contributed by atoms with van der Waals surface area (Å²) in [5.41, 5.74) is -0.449. The van der Waals surface area contributed by atoms with E-state index in [1.54, 1.807) is 24.3 Å². The molecule has 1 amide bonds. The van der Waals surface area contributed by atoms with Crippen LogP contribution < -0.4 is 5.32 Å². The molecule has 2 aromatic carbocycles. The van der Waals surface area contributed by atoms with E-state index in [2.05, 4.69) is 5.32 Å². The first-order valence-electron chi connectivity index (χ1n) is 7.13. The summed E-state index contributed by atoms with van der Waals surface area (Å²) < 4.78 is 37.7. The molecule has 0 bridgehead atoms. The van der Waals surface area contributed by atoms with E-state index in [4.69, 9.17) is 23.2 Å². The molecule has 0 spiro atoms. The number of hydrogen-bond donors (Lipinski definition) is 1. The van der Waals surface area contributed by atoms with Gasteiger partial charge in [-0.1, -0.05) is 42.5 Å². The maximum atomic E-state index is 13.0. The second-order valence-corrected chi connectivity index (χ2v) is 7.02. The molecule has 0 aromatic heterocycles. The molecule has 0 saturated heterocycles. The number of rotatable bonds is 3. The van der Waals surface area contributed by atoms with Crippen molar-refractivity contribution in [1.82, 2.24) is 0 Å². The Morgan fingerprint density at radius 3 is 2.21 bits per heavy atom. The van der Waals surface area contributed by atoms with Crippen molar-refractivity contribution in [3.05, 3.63) is 65.7 Å². The number of para-hydroxylation sites is 1. The molecule has 126 valence electrons. The summed E-state index contributed by atoms with van der Waals surface area (Å²) >= 11 is 12.4. The number of carbonyl (C=O) groups excluding carboxylic acids is 1. The van der Waals surface area contributed by atoms with E-state index in [1.165, 1.54) is 18.2 Å². The zero-order valence-corrected chi connectivity index (χ0v) is 13.7. The van der Waals surface area contributed by atoms with Crippen LogP contribution in [-0.2, 0) is 11.0 Å². The van der Waals surface area contributed by atoms with Crippen molar-refractivity contribution in [1.29, 1.82) is 0 Å². The smallest absolute Gasteiger partial charge is 0.325 e. The highest BCUT2D eigenvalue weighted by Gasteiger charge is 2.67. The number of nitrogens with one attached hydrogen (secondary N) is 1. The molecule has 1 aliphatic carbocycles. The summed E-state index contributed by atoms with van der Waals surface area (Å²) in [6.07, 6.45) is -4.56. The molecule has 2 aromatic rings. The average molecular weight is 374 g/mol. The van der Waals surface area contributed by atoms with Gasteiger partial charge in [-0.05, 0) is 17.7 Å². The van der Waals surface area contributed by atoms with Crippen LogP contribution in [0.25, 0.3) is 0 Å². The maximum Gasteiger partial charge on any atom is 0.418 e. The summed E-state index contributed by atoms with van der Waals surface area (Å²) in [7, 11) is 0. The molecule has 3 rings (SSSR count). The van der Waals surface area contributed by atoms with Gasteiger partial charge in [0.1, 0.15) is 4.33 Å². The number of anilines is 1. The Labute approximate surface area is 146 Å². The number of halogens is 5. The third kappa shape index (κ3) is 3.10. The van der Waals surface area contributed by atoms with Crippen LogP contribution in [0.5, 0.6) is 0 Å². The van der Waals surface area contributed by atoms with Gasteiger partial charge in [-0.2, -0.15) is 13.2 Å². The lowest BCUT2D eigenvalue weighted by molar-refractivity contribution is -0.137. The first kappa shape index (κ1) is 17.1. The monoisotopic (exact) mass is 373 g/mol. The second kappa shape index (κ2) is 5.97. The number of benzene rings is 2. The van der Waals surface area contributed by atoms with Crippen molar-refractivity contribution >= 4 is 34.8 Å². The second-order valence-electron chi connectivity index (χ2n) is 5.57. The van der Waals surface area contributed by atoms with Gasteiger partial charge in [0.15, 0.2) is 0 Å². The maximum absolute atomic E-state index is 13.0. The summed E-state index contributed by atoms with van der Waals surface area (Å²) in [4.78, 5) is 12.4. The lowest BCUT2D eigenvalue weighted by atomic mass is 10.1. The van der Waals surface area contributed by atoms with Crippen LogP contribution in [0.3, 0.4) is 0 Å². The predicted molar refractivity (Wildman–Crippen MR) is 87.2 cm³/mol. The largest absolute Gasteiger partial charge is 0.418 e. The minimum absolute atomic E-state index is 0.308. The van der Waals surface area contributed by atoms with Crippen molar-refractivity contribution in [2.75, 3.05) is 5.32 Å². The van der Waals surface area contributed by atoms with E-state index in [0.29, 0.717) is 0 Å². The number of alkyl halides is 5. The van der Waals surface area contributed by atoms with Gasteiger partial charge in [0.2, 0.25) is 5.91 Å². The SMILES string of the molecule is O=C(Nc1ccccc1C(F)(F)F)[C@H]1[C@H](c2ccccc2)C1(Cl)Cl. The Bertz CT molecular complexity index is 762. The topological polar surface area (TPSA) is 29.1 Å². The summed E-state index contributed by atoms with van der Waals surface area (Å²) in [5, 5.41) is 2.31. The van der Waals surface area contributed by atoms with Gasteiger partial charge in [-0.3, -0.25) is 4.79 Å². The molecule has 1 N–H and O–H groups in total. The van der Waals surface area contributed by atoms with Crippen LogP contribution in [0, 0.1) is 5.92 Å². The van der Waals surface area contributed by atoms with Gasteiger partial charge in [0.05, 0.1) is 17.2 Å². The molecule has 0 heterocycles.